The van der Waals surface area contributed by atoms with Crippen LogP contribution in [0.3, 0.4) is 0 Å². The van der Waals surface area contributed by atoms with E-state index in [-0.39, 0.29) is 11.8 Å². The number of aromatic nitrogens is 2. The molecule has 6 nitrogen and oxygen atoms in total. The lowest BCUT2D eigenvalue weighted by Crippen LogP contribution is -2.41. The van der Waals surface area contributed by atoms with Crippen molar-refractivity contribution in [1.82, 2.24) is 20.2 Å². The van der Waals surface area contributed by atoms with Crippen LogP contribution in [0.1, 0.15) is 33.1 Å². The van der Waals surface area contributed by atoms with Crippen molar-refractivity contribution in [3.63, 3.8) is 0 Å². The van der Waals surface area contributed by atoms with E-state index in [1.165, 1.54) is 4.90 Å². The zero-order valence-corrected chi connectivity index (χ0v) is 18.7. The number of amides is 1. The number of rotatable bonds is 9. The highest BCUT2D eigenvalue weighted by Gasteiger charge is 2.26. The minimum absolute atomic E-state index is 0.106. The second kappa shape index (κ2) is 10.8. The first kappa shape index (κ1) is 21.8. The van der Waals surface area contributed by atoms with Crippen molar-refractivity contribution >= 4 is 34.4 Å². The molecule has 0 atom stereocenters. The van der Waals surface area contributed by atoms with E-state index in [2.05, 4.69) is 63.4 Å². The van der Waals surface area contributed by atoms with Gasteiger partial charge in [0.2, 0.25) is 5.91 Å². The fourth-order valence-electron chi connectivity index (χ4n) is 3.95. The van der Waals surface area contributed by atoms with Crippen LogP contribution in [0, 0.1) is 5.92 Å². The maximum Gasteiger partial charge on any atom is 0.223 e. The third kappa shape index (κ3) is 5.60. The molecule has 0 unspecified atom stereocenters. The van der Waals surface area contributed by atoms with Gasteiger partial charge in [0.05, 0.1) is 5.52 Å². The predicted octanol–water partition coefficient (Wildman–Crippen LogP) is 3.42. The Labute approximate surface area is 178 Å². The number of benzene rings is 1. The molecule has 2 heterocycles. The fraction of sp³-hybridized carbons (Fsp3) is 0.591. The predicted molar refractivity (Wildman–Crippen MR) is 122 cm³/mol. The van der Waals surface area contributed by atoms with Gasteiger partial charge in [-0.15, -0.1) is 11.8 Å². The number of carbonyl (C=O) groups is 1. The second-order valence-electron chi connectivity index (χ2n) is 7.51. The molecule has 1 aromatic heterocycles. The van der Waals surface area contributed by atoms with Gasteiger partial charge in [-0.25, -0.2) is 9.97 Å². The number of fused-ring (bicyclic) bond motifs is 1. The number of anilines is 1. The van der Waals surface area contributed by atoms with Crippen LogP contribution in [0.25, 0.3) is 10.9 Å². The van der Waals surface area contributed by atoms with E-state index in [1.54, 1.807) is 18.1 Å². The summed E-state index contributed by atoms with van der Waals surface area (Å²) in [4.78, 5) is 27.4. The summed E-state index contributed by atoms with van der Waals surface area (Å²) in [5.74, 6) is 1.31. The van der Waals surface area contributed by atoms with Crippen molar-refractivity contribution in [3.05, 3.63) is 24.5 Å². The maximum atomic E-state index is 12.5. The lowest BCUT2D eigenvalue weighted by Gasteiger charge is -2.32. The molecule has 29 heavy (non-hydrogen) atoms. The number of hydrogen-bond acceptors (Lipinski definition) is 6. The van der Waals surface area contributed by atoms with Crippen LogP contribution in [0.5, 0.6) is 0 Å². The largest absolute Gasteiger partial charge is 0.356 e. The van der Waals surface area contributed by atoms with E-state index >= 15 is 0 Å². The summed E-state index contributed by atoms with van der Waals surface area (Å²) in [6.07, 6.45) is 6.48. The van der Waals surface area contributed by atoms with Crippen LogP contribution in [0.4, 0.5) is 5.82 Å². The molecule has 0 radical (unpaired) electrons. The number of nitrogens with zero attached hydrogens (tertiary/aromatic N) is 4. The van der Waals surface area contributed by atoms with E-state index in [9.17, 15) is 4.79 Å². The normalized spacial score (nSPS) is 15.2. The van der Waals surface area contributed by atoms with E-state index in [1.807, 2.05) is 0 Å². The van der Waals surface area contributed by atoms with Gasteiger partial charge in [0, 0.05) is 35.8 Å². The quantitative estimate of drug-likeness (QED) is 0.500. The number of nitrogens with one attached hydrogen (secondary N) is 1. The maximum absolute atomic E-state index is 12.5. The van der Waals surface area contributed by atoms with Gasteiger partial charge < -0.3 is 15.1 Å². The van der Waals surface area contributed by atoms with Gasteiger partial charge in [-0.3, -0.25) is 4.79 Å². The molecule has 0 spiro atoms. The Kier molecular flexibility index (Phi) is 8.12. The second-order valence-corrected chi connectivity index (χ2v) is 8.39. The van der Waals surface area contributed by atoms with Gasteiger partial charge >= 0.3 is 0 Å². The molecule has 1 fully saturated rings. The van der Waals surface area contributed by atoms with Crippen LogP contribution in [-0.2, 0) is 4.79 Å². The average molecular weight is 416 g/mol. The Hall–Kier alpha value is -1.86. The lowest BCUT2D eigenvalue weighted by molar-refractivity contribution is -0.125. The van der Waals surface area contributed by atoms with Gasteiger partial charge in [-0.05, 0) is 63.4 Å². The minimum Gasteiger partial charge on any atom is -0.356 e. The molecule has 1 aliphatic rings. The summed E-state index contributed by atoms with van der Waals surface area (Å²) in [7, 11) is 0. The molecule has 3 rings (SSSR count). The Morgan fingerprint density at radius 3 is 2.69 bits per heavy atom. The number of hydrogen-bond donors (Lipinski definition) is 1. The summed E-state index contributed by atoms with van der Waals surface area (Å²) in [5, 5.41) is 4.24. The number of thioether (sulfide) groups is 1. The summed E-state index contributed by atoms with van der Waals surface area (Å²) >= 11 is 1.73. The molecule has 158 valence electrons. The molecular formula is C22H33N5OS. The minimum atomic E-state index is 0.106. The van der Waals surface area contributed by atoms with Gasteiger partial charge in [-0.1, -0.05) is 13.8 Å². The van der Waals surface area contributed by atoms with Crippen LogP contribution in [-0.4, -0.2) is 66.3 Å². The highest BCUT2D eigenvalue weighted by molar-refractivity contribution is 7.98. The van der Waals surface area contributed by atoms with Crippen molar-refractivity contribution in [3.8, 4) is 0 Å². The Balaban J connectivity index is 1.53. The van der Waals surface area contributed by atoms with Gasteiger partial charge in [0.15, 0.2) is 0 Å². The molecule has 0 saturated carbocycles. The molecule has 0 bridgehead atoms. The van der Waals surface area contributed by atoms with Crippen molar-refractivity contribution in [1.29, 1.82) is 0 Å². The fourth-order valence-corrected chi connectivity index (χ4v) is 4.39. The Bertz CT molecular complexity index is 803. The highest BCUT2D eigenvalue weighted by atomic mass is 32.2. The van der Waals surface area contributed by atoms with Crippen molar-refractivity contribution in [2.75, 3.05) is 50.4 Å². The Morgan fingerprint density at radius 2 is 2.00 bits per heavy atom. The summed E-state index contributed by atoms with van der Waals surface area (Å²) in [5.41, 5.74) is 0.973. The number of piperidine rings is 1. The molecule has 1 N–H and O–H groups in total. The number of carbonyl (C=O) groups excluding carboxylic acids is 1. The summed E-state index contributed by atoms with van der Waals surface area (Å²) < 4.78 is 0. The van der Waals surface area contributed by atoms with Crippen LogP contribution < -0.4 is 10.2 Å². The monoisotopic (exact) mass is 415 g/mol. The molecule has 1 saturated heterocycles. The smallest absolute Gasteiger partial charge is 0.223 e. The zero-order chi connectivity index (χ0) is 20.6. The molecule has 7 heteroatoms. The zero-order valence-electron chi connectivity index (χ0n) is 17.9. The van der Waals surface area contributed by atoms with E-state index in [0.717, 1.165) is 75.3 Å². The first-order valence-electron chi connectivity index (χ1n) is 10.7. The third-order valence-electron chi connectivity index (χ3n) is 5.83. The first-order chi connectivity index (χ1) is 14.2. The van der Waals surface area contributed by atoms with Crippen molar-refractivity contribution in [2.45, 2.75) is 38.0 Å². The average Bonchev–Trinajstić information content (AvgIpc) is 2.78. The molecule has 1 aliphatic heterocycles. The molecule has 1 amide bonds. The van der Waals surface area contributed by atoms with Gasteiger partial charge in [0.25, 0.3) is 0 Å². The lowest BCUT2D eigenvalue weighted by atomic mass is 9.95. The van der Waals surface area contributed by atoms with Gasteiger partial charge in [0.1, 0.15) is 12.1 Å². The highest BCUT2D eigenvalue weighted by Crippen LogP contribution is 2.30. The SMILES string of the molecule is CCN(CC)CCCNC(=O)C1CCN(c2ncnc3ccc(SC)cc23)CC1. The van der Waals surface area contributed by atoms with Crippen molar-refractivity contribution in [2.24, 2.45) is 5.92 Å². The van der Waals surface area contributed by atoms with E-state index in [4.69, 9.17) is 0 Å². The molecule has 1 aromatic carbocycles. The molecular weight excluding hydrogens is 382 g/mol. The van der Waals surface area contributed by atoms with Crippen LogP contribution in [0.2, 0.25) is 0 Å². The Morgan fingerprint density at radius 1 is 1.24 bits per heavy atom. The topological polar surface area (TPSA) is 61.4 Å². The van der Waals surface area contributed by atoms with Gasteiger partial charge in [-0.2, -0.15) is 0 Å². The van der Waals surface area contributed by atoms with Crippen LogP contribution >= 0.6 is 11.8 Å². The third-order valence-corrected chi connectivity index (χ3v) is 6.56. The standard InChI is InChI=1S/C22H33N5OS/c1-4-26(5-2)12-6-11-23-22(28)17-9-13-27(14-10-17)21-19-15-18(29-3)7-8-20(19)24-16-25-21/h7-8,15-17H,4-6,9-14H2,1-3H3,(H,23,28). The first-order valence-corrected chi connectivity index (χ1v) is 11.9. The summed E-state index contributed by atoms with van der Waals surface area (Å²) in [6, 6.07) is 6.33. The van der Waals surface area contributed by atoms with E-state index < -0.39 is 0 Å². The molecule has 2 aromatic rings. The molecule has 0 aliphatic carbocycles. The van der Waals surface area contributed by atoms with Crippen LogP contribution in [0.15, 0.2) is 29.4 Å². The van der Waals surface area contributed by atoms with E-state index in [0.29, 0.717) is 0 Å². The summed E-state index contributed by atoms with van der Waals surface area (Å²) in [6.45, 7) is 10.0. The van der Waals surface area contributed by atoms with Crippen molar-refractivity contribution < 1.29 is 4.79 Å².